The van der Waals surface area contributed by atoms with Crippen molar-refractivity contribution >= 4 is 58.0 Å². The van der Waals surface area contributed by atoms with E-state index in [1.165, 1.54) is 6.07 Å². The van der Waals surface area contributed by atoms with Gasteiger partial charge in [-0.3, -0.25) is 4.79 Å². The number of hydrogen-bond donors (Lipinski definition) is 1. The van der Waals surface area contributed by atoms with Crippen molar-refractivity contribution in [3.05, 3.63) is 79.9 Å². The first-order valence-electron chi connectivity index (χ1n) is 9.59. The smallest absolute Gasteiger partial charge is 0.344 e. The number of aliphatic hydroxyl groups excluding tert-OH is 1. The molecule has 0 aromatic heterocycles. The number of rotatable bonds is 6. The first kappa shape index (κ1) is 24.5. The number of nitrogens with zero attached hydrogens (tertiary/aromatic N) is 1. The Morgan fingerprint density at radius 1 is 1.21 bits per heavy atom. The monoisotopic (exact) mass is 501 g/mol. The zero-order chi connectivity index (χ0) is 24.0. The Morgan fingerprint density at radius 2 is 1.97 bits per heavy atom. The van der Waals surface area contributed by atoms with Crippen LogP contribution < -0.4 is 4.74 Å². The molecule has 2 aromatic carbocycles. The summed E-state index contributed by atoms with van der Waals surface area (Å²) in [5, 5.41) is 11.3. The van der Waals surface area contributed by atoms with E-state index in [-0.39, 0.29) is 45.1 Å². The summed E-state index contributed by atoms with van der Waals surface area (Å²) in [5.74, 6) is 0.961. The van der Waals surface area contributed by atoms with Gasteiger partial charge in [-0.1, -0.05) is 59.1 Å². The van der Waals surface area contributed by atoms with Gasteiger partial charge in [-0.25, -0.2) is 9.79 Å². The molecule has 168 valence electrons. The Kier molecular flexibility index (Phi) is 8.23. The summed E-state index contributed by atoms with van der Waals surface area (Å²) in [6.07, 6.45) is 6.78. The van der Waals surface area contributed by atoms with Crippen LogP contribution in [-0.4, -0.2) is 35.2 Å². The number of aliphatic imine (C=N–C) groups is 1. The zero-order valence-corrected chi connectivity index (χ0v) is 19.6. The largest absolute Gasteiger partial charge is 0.506 e. The SMILES string of the molecule is C#CCOc1ccc(/C=C2/SC(=NC(=O)c3ccccc3Cl)C(C(=O)OCC)=C2O)cc1Cl. The summed E-state index contributed by atoms with van der Waals surface area (Å²) in [5.41, 5.74) is 0.583. The molecule has 9 heteroatoms. The summed E-state index contributed by atoms with van der Waals surface area (Å²) in [7, 11) is 0. The van der Waals surface area contributed by atoms with Crippen LogP contribution >= 0.6 is 35.0 Å². The Balaban J connectivity index is 1.99. The van der Waals surface area contributed by atoms with E-state index in [1.807, 2.05) is 0 Å². The van der Waals surface area contributed by atoms with Crippen LogP contribution in [0.4, 0.5) is 0 Å². The Labute approximate surface area is 204 Å². The van der Waals surface area contributed by atoms with Crippen molar-refractivity contribution in [2.45, 2.75) is 6.92 Å². The molecule has 1 aliphatic rings. The van der Waals surface area contributed by atoms with E-state index in [2.05, 4.69) is 10.9 Å². The highest BCUT2D eigenvalue weighted by atomic mass is 35.5. The third kappa shape index (κ3) is 5.79. The normalized spacial score (nSPS) is 15.6. The van der Waals surface area contributed by atoms with Crippen molar-refractivity contribution in [3.8, 4) is 18.1 Å². The molecule has 0 unspecified atom stereocenters. The molecule has 0 bridgehead atoms. The first-order chi connectivity index (χ1) is 15.8. The molecule has 0 saturated carbocycles. The maximum absolute atomic E-state index is 12.7. The maximum Gasteiger partial charge on any atom is 0.344 e. The predicted molar refractivity (Wildman–Crippen MR) is 131 cm³/mol. The minimum Gasteiger partial charge on any atom is -0.506 e. The van der Waals surface area contributed by atoms with Crippen LogP contribution in [0.5, 0.6) is 5.75 Å². The van der Waals surface area contributed by atoms with E-state index in [9.17, 15) is 14.7 Å². The summed E-state index contributed by atoms with van der Waals surface area (Å²) in [6, 6.07) is 11.4. The highest BCUT2D eigenvalue weighted by Crippen LogP contribution is 2.40. The van der Waals surface area contributed by atoms with Gasteiger partial charge in [-0.05, 0) is 42.8 Å². The third-order valence-electron chi connectivity index (χ3n) is 4.24. The average molecular weight is 502 g/mol. The van der Waals surface area contributed by atoms with Crippen molar-refractivity contribution in [1.29, 1.82) is 0 Å². The number of esters is 1. The van der Waals surface area contributed by atoms with Crippen LogP contribution in [0, 0.1) is 12.3 Å². The lowest BCUT2D eigenvalue weighted by Crippen LogP contribution is -2.14. The van der Waals surface area contributed by atoms with Gasteiger partial charge in [0, 0.05) is 0 Å². The molecule has 0 aliphatic carbocycles. The molecule has 1 aliphatic heterocycles. The molecule has 33 heavy (non-hydrogen) atoms. The van der Waals surface area contributed by atoms with Crippen molar-refractivity contribution in [1.82, 2.24) is 0 Å². The van der Waals surface area contributed by atoms with E-state index in [0.29, 0.717) is 16.3 Å². The molecule has 6 nitrogen and oxygen atoms in total. The first-order valence-corrected chi connectivity index (χ1v) is 11.2. The highest BCUT2D eigenvalue weighted by Gasteiger charge is 2.34. The summed E-state index contributed by atoms with van der Waals surface area (Å²) in [6.45, 7) is 1.79. The number of terminal acetylenes is 1. The number of carbonyl (C=O) groups excluding carboxylic acids is 2. The molecular formula is C24H17Cl2NO5S. The predicted octanol–water partition coefficient (Wildman–Crippen LogP) is 5.71. The Bertz CT molecular complexity index is 1240. The van der Waals surface area contributed by atoms with Crippen molar-refractivity contribution in [2.75, 3.05) is 13.2 Å². The molecule has 1 heterocycles. The number of benzene rings is 2. The molecule has 0 spiro atoms. The van der Waals surface area contributed by atoms with Gasteiger partial charge in [-0.15, -0.1) is 6.42 Å². The average Bonchev–Trinajstić information content (AvgIpc) is 3.08. The second-order valence-corrected chi connectivity index (χ2v) is 8.28. The minimum absolute atomic E-state index is 0.00203. The van der Waals surface area contributed by atoms with Gasteiger partial charge in [0.05, 0.1) is 27.1 Å². The molecule has 0 saturated heterocycles. The second kappa shape index (κ2) is 11.1. The molecule has 2 aromatic rings. The fourth-order valence-corrected chi connectivity index (χ4v) is 4.25. The van der Waals surface area contributed by atoms with Crippen LogP contribution in [0.15, 0.2) is 63.7 Å². The van der Waals surface area contributed by atoms with Crippen LogP contribution in [0.2, 0.25) is 10.0 Å². The van der Waals surface area contributed by atoms with Crippen molar-refractivity contribution < 1.29 is 24.2 Å². The van der Waals surface area contributed by atoms with Gasteiger partial charge in [0.1, 0.15) is 28.7 Å². The van der Waals surface area contributed by atoms with E-state index in [0.717, 1.165) is 11.8 Å². The number of halogens is 2. The van der Waals surface area contributed by atoms with E-state index >= 15 is 0 Å². The molecular weight excluding hydrogens is 485 g/mol. The van der Waals surface area contributed by atoms with E-state index in [1.54, 1.807) is 49.4 Å². The topological polar surface area (TPSA) is 85.2 Å². The quantitative estimate of drug-likeness (QED) is 0.403. The number of ether oxygens (including phenoxy) is 2. The fourth-order valence-electron chi connectivity index (χ4n) is 2.77. The molecule has 3 rings (SSSR count). The Morgan fingerprint density at radius 3 is 2.64 bits per heavy atom. The van der Waals surface area contributed by atoms with Crippen molar-refractivity contribution in [2.24, 2.45) is 4.99 Å². The van der Waals surface area contributed by atoms with Gasteiger partial charge in [-0.2, -0.15) is 0 Å². The van der Waals surface area contributed by atoms with E-state index < -0.39 is 11.9 Å². The van der Waals surface area contributed by atoms with Gasteiger partial charge in [0.15, 0.2) is 0 Å². The standard InChI is InChI=1S/C24H17Cl2NO5S/c1-3-11-32-18-10-9-14(12-17(18)26)13-19-21(28)20(24(30)31-4-2)23(33-19)27-22(29)15-7-5-6-8-16(15)25/h1,5-10,12-13,28H,4,11H2,2H3/b19-13+,27-23?. The van der Waals surface area contributed by atoms with Gasteiger partial charge < -0.3 is 14.6 Å². The van der Waals surface area contributed by atoms with Crippen LogP contribution in [0.3, 0.4) is 0 Å². The lowest BCUT2D eigenvalue weighted by molar-refractivity contribution is -0.138. The minimum atomic E-state index is -0.798. The van der Waals surface area contributed by atoms with Crippen LogP contribution in [0.25, 0.3) is 6.08 Å². The number of thioether (sulfide) groups is 1. The Hall–Kier alpha value is -3.18. The van der Waals surface area contributed by atoms with Gasteiger partial charge >= 0.3 is 5.97 Å². The molecule has 1 amide bonds. The van der Waals surface area contributed by atoms with Crippen LogP contribution in [0.1, 0.15) is 22.8 Å². The second-order valence-electron chi connectivity index (χ2n) is 6.44. The highest BCUT2D eigenvalue weighted by molar-refractivity contribution is 8.18. The molecule has 0 fully saturated rings. The number of carbonyl (C=O) groups is 2. The summed E-state index contributed by atoms with van der Waals surface area (Å²) >= 11 is 13.3. The zero-order valence-electron chi connectivity index (χ0n) is 17.3. The lowest BCUT2D eigenvalue weighted by atomic mass is 10.1. The van der Waals surface area contributed by atoms with E-state index in [4.69, 9.17) is 39.1 Å². The van der Waals surface area contributed by atoms with Gasteiger partial charge in [0.25, 0.3) is 5.91 Å². The number of aliphatic hydroxyl groups is 1. The molecule has 0 radical (unpaired) electrons. The third-order valence-corrected chi connectivity index (χ3v) is 5.89. The lowest BCUT2D eigenvalue weighted by Gasteiger charge is -2.06. The van der Waals surface area contributed by atoms with Crippen LogP contribution in [-0.2, 0) is 9.53 Å². The summed E-state index contributed by atoms with van der Waals surface area (Å²) < 4.78 is 10.4. The van der Waals surface area contributed by atoms with Gasteiger partial charge in [0.2, 0.25) is 0 Å². The fraction of sp³-hybridized carbons (Fsp3) is 0.125. The van der Waals surface area contributed by atoms with Crippen molar-refractivity contribution in [3.63, 3.8) is 0 Å². The number of hydrogen-bond acceptors (Lipinski definition) is 6. The summed E-state index contributed by atoms with van der Waals surface area (Å²) in [4.78, 5) is 29.5. The maximum atomic E-state index is 12.7. The molecule has 0 atom stereocenters. The number of amides is 1. The molecule has 1 N–H and O–H groups in total.